The number of para-hydroxylation sites is 1. The maximum absolute atomic E-state index is 12.8. The van der Waals surface area contributed by atoms with E-state index in [0.717, 1.165) is 11.1 Å². The molecular weight excluding hydrogens is 398 g/mol. The van der Waals surface area contributed by atoms with Crippen LogP contribution in [-0.4, -0.2) is 37.1 Å². The van der Waals surface area contributed by atoms with Gasteiger partial charge in [0, 0.05) is 0 Å². The third kappa shape index (κ3) is 3.39. The zero-order valence-corrected chi connectivity index (χ0v) is 17.3. The van der Waals surface area contributed by atoms with Crippen molar-refractivity contribution >= 4 is 17.1 Å². The largest absolute Gasteiger partial charge is 0.504 e. The lowest BCUT2D eigenvalue weighted by Crippen LogP contribution is -2.15. The minimum Gasteiger partial charge on any atom is -0.504 e. The molecule has 9 nitrogen and oxygen atoms in total. The smallest absolute Gasteiger partial charge is 0.332 e. The van der Waals surface area contributed by atoms with Gasteiger partial charge in [-0.05, 0) is 56.2 Å². The van der Waals surface area contributed by atoms with Gasteiger partial charge in [-0.3, -0.25) is 4.79 Å². The first-order valence-electron chi connectivity index (χ1n) is 9.67. The number of nitrogens with zero attached hydrogens (tertiary/aromatic N) is 3. The summed E-state index contributed by atoms with van der Waals surface area (Å²) < 4.78 is 6.78. The number of primary amides is 1. The molecule has 0 saturated carbocycles. The van der Waals surface area contributed by atoms with E-state index >= 15 is 0 Å². The van der Waals surface area contributed by atoms with Crippen molar-refractivity contribution < 1.29 is 14.6 Å². The number of fused-ring (bicyclic) bond motifs is 1. The number of H-pyrrole nitrogens is 1. The third-order valence-corrected chi connectivity index (χ3v) is 5.06. The standard InChI is InChI=1S/C22H21N5O4/c1-4-31-15-7-5-6-14(18(15)28)20-24-16(19(23)29)17-21(26-20)27(22(30)25-17)13-9-8-11(2)12(3)10-13/h5-10,28H,4H2,1-3H3,(H2,23,29)(H,25,30). The Morgan fingerprint density at radius 2 is 1.97 bits per heavy atom. The number of ether oxygens (including phenoxy) is 1. The van der Waals surface area contributed by atoms with Crippen molar-refractivity contribution in [2.75, 3.05) is 6.61 Å². The lowest BCUT2D eigenvalue weighted by molar-refractivity contribution is 0.0997. The molecule has 0 bridgehead atoms. The minimum atomic E-state index is -0.831. The van der Waals surface area contributed by atoms with Crippen molar-refractivity contribution in [3.05, 3.63) is 63.7 Å². The Kier molecular flexibility index (Phi) is 4.94. The van der Waals surface area contributed by atoms with Gasteiger partial charge in [-0.25, -0.2) is 19.3 Å². The predicted molar refractivity (Wildman–Crippen MR) is 116 cm³/mol. The summed E-state index contributed by atoms with van der Waals surface area (Å²) in [5.41, 5.74) is 8.08. The molecule has 9 heteroatoms. The summed E-state index contributed by atoms with van der Waals surface area (Å²) in [6.45, 7) is 6.05. The van der Waals surface area contributed by atoms with E-state index in [0.29, 0.717) is 12.3 Å². The molecule has 1 amide bonds. The lowest BCUT2D eigenvalue weighted by Gasteiger charge is -2.11. The number of carbonyl (C=O) groups excluding carboxylic acids is 1. The molecule has 0 aliphatic carbocycles. The molecule has 0 aliphatic heterocycles. The van der Waals surface area contributed by atoms with Crippen molar-refractivity contribution in [1.29, 1.82) is 0 Å². The van der Waals surface area contributed by atoms with Gasteiger partial charge in [0.2, 0.25) is 0 Å². The van der Waals surface area contributed by atoms with Crippen LogP contribution in [0.3, 0.4) is 0 Å². The first-order valence-corrected chi connectivity index (χ1v) is 9.67. The van der Waals surface area contributed by atoms with Gasteiger partial charge in [0.25, 0.3) is 5.91 Å². The predicted octanol–water partition coefficient (Wildman–Crippen LogP) is 2.60. The Balaban J connectivity index is 2.04. The van der Waals surface area contributed by atoms with Crippen LogP contribution in [0, 0.1) is 13.8 Å². The van der Waals surface area contributed by atoms with Gasteiger partial charge >= 0.3 is 5.69 Å². The summed E-state index contributed by atoms with van der Waals surface area (Å²) in [6.07, 6.45) is 0. The number of aromatic hydroxyl groups is 1. The number of rotatable bonds is 5. The van der Waals surface area contributed by atoms with E-state index in [2.05, 4.69) is 15.0 Å². The molecule has 4 rings (SSSR count). The molecule has 2 aromatic heterocycles. The number of phenolic OH excluding ortho intramolecular Hbond substituents is 1. The van der Waals surface area contributed by atoms with Crippen LogP contribution < -0.4 is 16.2 Å². The summed E-state index contributed by atoms with van der Waals surface area (Å²) in [4.78, 5) is 36.3. The first kappa shape index (κ1) is 20.1. The fourth-order valence-electron chi connectivity index (χ4n) is 3.36. The number of hydrogen-bond donors (Lipinski definition) is 3. The Morgan fingerprint density at radius 1 is 1.19 bits per heavy atom. The number of phenols is 1. The van der Waals surface area contributed by atoms with E-state index in [-0.39, 0.29) is 39.7 Å². The van der Waals surface area contributed by atoms with Gasteiger partial charge in [-0.1, -0.05) is 12.1 Å². The molecule has 4 aromatic rings. The van der Waals surface area contributed by atoms with E-state index < -0.39 is 11.6 Å². The Hall–Kier alpha value is -4.14. The average Bonchev–Trinajstić information content (AvgIpc) is 3.06. The molecule has 0 aliphatic rings. The van der Waals surface area contributed by atoms with E-state index in [4.69, 9.17) is 10.5 Å². The highest BCUT2D eigenvalue weighted by Crippen LogP contribution is 2.36. The molecule has 0 saturated heterocycles. The Morgan fingerprint density at radius 3 is 2.65 bits per heavy atom. The van der Waals surface area contributed by atoms with Crippen LogP contribution in [0.2, 0.25) is 0 Å². The van der Waals surface area contributed by atoms with Gasteiger partial charge in [0.1, 0.15) is 5.52 Å². The van der Waals surface area contributed by atoms with Crippen molar-refractivity contribution in [3.8, 4) is 28.6 Å². The zero-order valence-electron chi connectivity index (χ0n) is 17.3. The number of nitrogens with one attached hydrogen (secondary N) is 1. The van der Waals surface area contributed by atoms with Crippen LogP contribution in [0.5, 0.6) is 11.5 Å². The van der Waals surface area contributed by atoms with E-state index in [1.54, 1.807) is 31.2 Å². The highest BCUT2D eigenvalue weighted by Gasteiger charge is 2.22. The maximum atomic E-state index is 12.8. The van der Waals surface area contributed by atoms with E-state index in [9.17, 15) is 14.7 Å². The number of nitrogens with two attached hydrogens (primary N) is 1. The Bertz CT molecular complexity index is 1390. The van der Waals surface area contributed by atoms with Crippen LogP contribution in [0.1, 0.15) is 28.5 Å². The molecule has 4 N–H and O–H groups in total. The van der Waals surface area contributed by atoms with Gasteiger partial charge < -0.3 is 20.6 Å². The molecule has 158 valence electrons. The fraction of sp³-hybridized carbons (Fsp3) is 0.182. The normalized spacial score (nSPS) is 11.1. The monoisotopic (exact) mass is 419 g/mol. The first-order chi connectivity index (χ1) is 14.8. The van der Waals surface area contributed by atoms with Crippen LogP contribution in [0.4, 0.5) is 0 Å². The lowest BCUT2D eigenvalue weighted by atomic mass is 10.1. The van der Waals surface area contributed by atoms with Crippen molar-refractivity contribution in [1.82, 2.24) is 19.5 Å². The second kappa shape index (κ2) is 7.60. The van der Waals surface area contributed by atoms with Gasteiger partial charge in [-0.2, -0.15) is 0 Å². The van der Waals surface area contributed by atoms with Crippen molar-refractivity contribution in [3.63, 3.8) is 0 Å². The minimum absolute atomic E-state index is 0.0388. The number of imidazole rings is 1. The molecule has 0 unspecified atom stereocenters. The van der Waals surface area contributed by atoms with Crippen LogP contribution in [0.25, 0.3) is 28.2 Å². The van der Waals surface area contributed by atoms with Crippen molar-refractivity contribution in [2.45, 2.75) is 20.8 Å². The molecule has 0 spiro atoms. The highest BCUT2D eigenvalue weighted by molar-refractivity contribution is 6.02. The number of aryl methyl sites for hydroxylation is 2. The van der Waals surface area contributed by atoms with Gasteiger partial charge in [-0.15, -0.1) is 0 Å². The van der Waals surface area contributed by atoms with Gasteiger partial charge in [0.05, 0.1) is 17.9 Å². The average molecular weight is 419 g/mol. The summed E-state index contributed by atoms with van der Waals surface area (Å²) in [5.74, 6) is -0.709. The SMILES string of the molecule is CCOc1cccc(-c2nc(C(N)=O)c3[nH]c(=O)n(-c4ccc(C)c(C)c4)c3n2)c1O. The number of aromatic amines is 1. The number of aromatic nitrogens is 4. The number of carbonyl (C=O) groups is 1. The molecule has 31 heavy (non-hydrogen) atoms. The van der Waals surface area contributed by atoms with Gasteiger partial charge in [0.15, 0.2) is 28.7 Å². The molecular formula is C22H21N5O4. The van der Waals surface area contributed by atoms with Crippen LogP contribution >= 0.6 is 0 Å². The van der Waals surface area contributed by atoms with E-state index in [1.165, 1.54) is 4.57 Å². The molecule has 0 fully saturated rings. The summed E-state index contributed by atoms with van der Waals surface area (Å²) in [6, 6.07) is 10.4. The third-order valence-electron chi connectivity index (χ3n) is 5.06. The number of hydrogen-bond acceptors (Lipinski definition) is 6. The second-order valence-corrected chi connectivity index (χ2v) is 7.08. The summed E-state index contributed by atoms with van der Waals surface area (Å²) in [7, 11) is 0. The van der Waals surface area contributed by atoms with E-state index in [1.807, 2.05) is 26.0 Å². The fourth-order valence-corrected chi connectivity index (χ4v) is 3.36. The highest BCUT2D eigenvalue weighted by atomic mass is 16.5. The molecule has 0 radical (unpaired) electrons. The topological polar surface area (TPSA) is 136 Å². The Labute approximate surface area is 177 Å². The van der Waals surface area contributed by atoms with Crippen molar-refractivity contribution in [2.24, 2.45) is 5.73 Å². The number of benzene rings is 2. The summed E-state index contributed by atoms with van der Waals surface area (Å²) in [5, 5.41) is 10.6. The summed E-state index contributed by atoms with van der Waals surface area (Å²) >= 11 is 0. The molecule has 0 atom stereocenters. The zero-order chi connectivity index (χ0) is 22.3. The maximum Gasteiger partial charge on any atom is 0.332 e. The quantitative estimate of drug-likeness (QED) is 0.455. The second-order valence-electron chi connectivity index (χ2n) is 7.08. The van der Waals surface area contributed by atoms with Crippen LogP contribution in [0.15, 0.2) is 41.2 Å². The van der Waals surface area contributed by atoms with Crippen LogP contribution in [-0.2, 0) is 0 Å². The molecule has 2 heterocycles. The molecule has 2 aromatic carbocycles. The number of amides is 1.